The van der Waals surface area contributed by atoms with Crippen molar-refractivity contribution in [2.45, 2.75) is 52.5 Å². The third-order valence-electron chi connectivity index (χ3n) is 3.48. The van der Waals surface area contributed by atoms with Crippen molar-refractivity contribution in [3.63, 3.8) is 0 Å². The standard InChI is InChI=1S/C13H28N2/c1-5-14-10-13(2,3)11-15(4)12-8-6-7-9-12/h12,14H,5-11H2,1-4H3. The molecule has 0 spiro atoms. The largest absolute Gasteiger partial charge is 0.316 e. The van der Waals surface area contributed by atoms with Crippen molar-refractivity contribution in [3.8, 4) is 0 Å². The summed E-state index contributed by atoms with van der Waals surface area (Å²) in [5, 5.41) is 3.46. The molecule has 0 aromatic rings. The Morgan fingerprint density at radius 2 is 1.87 bits per heavy atom. The third-order valence-corrected chi connectivity index (χ3v) is 3.48. The summed E-state index contributed by atoms with van der Waals surface area (Å²) in [6.07, 6.45) is 5.69. The van der Waals surface area contributed by atoms with Gasteiger partial charge in [0.25, 0.3) is 0 Å². The molecule has 0 aromatic heterocycles. The van der Waals surface area contributed by atoms with Gasteiger partial charge >= 0.3 is 0 Å². The van der Waals surface area contributed by atoms with E-state index in [1.54, 1.807) is 0 Å². The fraction of sp³-hybridized carbons (Fsp3) is 1.00. The highest BCUT2D eigenvalue weighted by molar-refractivity contribution is 4.81. The zero-order valence-electron chi connectivity index (χ0n) is 11.0. The molecule has 0 amide bonds. The van der Waals surface area contributed by atoms with Crippen LogP contribution in [-0.2, 0) is 0 Å². The summed E-state index contributed by atoms with van der Waals surface area (Å²) < 4.78 is 0. The predicted molar refractivity (Wildman–Crippen MR) is 67.2 cm³/mol. The minimum Gasteiger partial charge on any atom is -0.316 e. The monoisotopic (exact) mass is 212 g/mol. The Balaban J connectivity index is 2.30. The van der Waals surface area contributed by atoms with E-state index < -0.39 is 0 Å². The highest BCUT2D eigenvalue weighted by Gasteiger charge is 2.25. The number of rotatable bonds is 6. The van der Waals surface area contributed by atoms with Gasteiger partial charge in [-0.3, -0.25) is 0 Å². The average Bonchev–Trinajstić information content (AvgIpc) is 2.67. The van der Waals surface area contributed by atoms with E-state index in [0.717, 1.165) is 19.1 Å². The van der Waals surface area contributed by atoms with E-state index in [4.69, 9.17) is 0 Å². The molecule has 0 aromatic carbocycles. The molecule has 0 unspecified atom stereocenters. The van der Waals surface area contributed by atoms with Gasteiger partial charge in [0.1, 0.15) is 0 Å². The molecule has 1 aliphatic carbocycles. The van der Waals surface area contributed by atoms with Crippen LogP contribution in [0.2, 0.25) is 0 Å². The first-order chi connectivity index (χ1) is 7.05. The van der Waals surface area contributed by atoms with Crippen LogP contribution in [0, 0.1) is 5.41 Å². The van der Waals surface area contributed by atoms with Crippen molar-refractivity contribution in [1.29, 1.82) is 0 Å². The van der Waals surface area contributed by atoms with E-state index in [2.05, 4.69) is 38.0 Å². The second-order valence-electron chi connectivity index (χ2n) is 5.80. The van der Waals surface area contributed by atoms with E-state index in [-0.39, 0.29) is 0 Å². The second-order valence-corrected chi connectivity index (χ2v) is 5.80. The molecule has 0 bridgehead atoms. The van der Waals surface area contributed by atoms with E-state index in [9.17, 15) is 0 Å². The number of hydrogen-bond donors (Lipinski definition) is 1. The van der Waals surface area contributed by atoms with Crippen molar-refractivity contribution in [2.75, 3.05) is 26.7 Å². The summed E-state index contributed by atoms with van der Waals surface area (Å²) in [6, 6.07) is 0.853. The normalized spacial score (nSPS) is 19.0. The average molecular weight is 212 g/mol. The molecule has 2 nitrogen and oxygen atoms in total. The fourth-order valence-corrected chi connectivity index (χ4v) is 2.67. The van der Waals surface area contributed by atoms with Crippen LogP contribution in [0.3, 0.4) is 0 Å². The van der Waals surface area contributed by atoms with Gasteiger partial charge in [-0.15, -0.1) is 0 Å². The molecule has 0 atom stereocenters. The van der Waals surface area contributed by atoms with Crippen LogP contribution in [0.5, 0.6) is 0 Å². The minimum absolute atomic E-state index is 0.396. The Morgan fingerprint density at radius 3 is 2.40 bits per heavy atom. The van der Waals surface area contributed by atoms with Crippen molar-refractivity contribution in [1.82, 2.24) is 10.2 Å². The van der Waals surface area contributed by atoms with Crippen LogP contribution in [0.1, 0.15) is 46.5 Å². The Morgan fingerprint density at radius 1 is 1.27 bits per heavy atom. The Kier molecular flexibility index (Phi) is 5.07. The first kappa shape index (κ1) is 13.0. The van der Waals surface area contributed by atoms with Gasteiger partial charge in [-0.25, -0.2) is 0 Å². The molecule has 90 valence electrons. The van der Waals surface area contributed by atoms with Crippen molar-refractivity contribution >= 4 is 0 Å². The van der Waals surface area contributed by atoms with Gasteiger partial charge in [-0.05, 0) is 31.8 Å². The van der Waals surface area contributed by atoms with Gasteiger partial charge < -0.3 is 10.2 Å². The lowest BCUT2D eigenvalue weighted by Gasteiger charge is -2.34. The topological polar surface area (TPSA) is 15.3 Å². The van der Waals surface area contributed by atoms with Crippen molar-refractivity contribution < 1.29 is 0 Å². The summed E-state index contributed by atoms with van der Waals surface area (Å²) in [5.41, 5.74) is 0.396. The molecule has 0 saturated heterocycles. The maximum absolute atomic E-state index is 3.46. The lowest BCUT2D eigenvalue weighted by molar-refractivity contribution is 0.159. The van der Waals surface area contributed by atoms with E-state index in [0.29, 0.717) is 5.41 Å². The summed E-state index contributed by atoms with van der Waals surface area (Å²) in [5.74, 6) is 0. The molecule has 1 rings (SSSR count). The SMILES string of the molecule is CCNCC(C)(C)CN(C)C1CCCC1. The van der Waals surface area contributed by atoms with Crippen LogP contribution in [0.25, 0.3) is 0 Å². The molecule has 0 radical (unpaired) electrons. The lowest BCUT2D eigenvalue weighted by Crippen LogP contribution is -2.42. The van der Waals surface area contributed by atoms with Crippen molar-refractivity contribution in [2.24, 2.45) is 5.41 Å². The van der Waals surface area contributed by atoms with E-state index in [1.807, 2.05) is 0 Å². The quantitative estimate of drug-likeness (QED) is 0.728. The fourth-order valence-electron chi connectivity index (χ4n) is 2.67. The first-order valence-corrected chi connectivity index (χ1v) is 6.46. The Hall–Kier alpha value is -0.0800. The summed E-state index contributed by atoms with van der Waals surface area (Å²) in [6.45, 7) is 10.3. The molecule has 0 aliphatic heterocycles. The Labute approximate surface area is 95.4 Å². The second kappa shape index (κ2) is 5.86. The zero-order valence-corrected chi connectivity index (χ0v) is 11.0. The van der Waals surface area contributed by atoms with Crippen LogP contribution in [-0.4, -0.2) is 37.6 Å². The smallest absolute Gasteiger partial charge is 0.00924 e. The molecule has 2 heteroatoms. The summed E-state index contributed by atoms with van der Waals surface area (Å²) in [7, 11) is 2.30. The molecule has 1 fully saturated rings. The number of hydrogen-bond acceptors (Lipinski definition) is 2. The minimum atomic E-state index is 0.396. The van der Waals surface area contributed by atoms with E-state index >= 15 is 0 Å². The number of nitrogens with zero attached hydrogens (tertiary/aromatic N) is 1. The molecular formula is C13H28N2. The molecule has 1 saturated carbocycles. The van der Waals surface area contributed by atoms with Crippen molar-refractivity contribution in [3.05, 3.63) is 0 Å². The van der Waals surface area contributed by atoms with Crippen LogP contribution in [0.4, 0.5) is 0 Å². The van der Waals surface area contributed by atoms with Gasteiger partial charge in [0.2, 0.25) is 0 Å². The third kappa shape index (κ3) is 4.52. The maximum atomic E-state index is 3.46. The Bertz CT molecular complexity index is 171. The lowest BCUT2D eigenvalue weighted by atomic mass is 9.92. The summed E-state index contributed by atoms with van der Waals surface area (Å²) in [4.78, 5) is 2.57. The van der Waals surface area contributed by atoms with Crippen LogP contribution < -0.4 is 5.32 Å². The van der Waals surface area contributed by atoms with Crippen LogP contribution >= 0.6 is 0 Å². The molecule has 1 aliphatic rings. The van der Waals surface area contributed by atoms with Gasteiger partial charge in [-0.1, -0.05) is 33.6 Å². The molecular weight excluding hydrogens is 184 g/mol. The summed E-state index contributed by atoms with van der Waals surface area (Å²) >= 11 is 0. The van der Waals surface area contributed by atoms with Crippen LogP contribution in [0.15, 0.2) is 0 Å². The molecule has 15 heavy (non-hydrogen) atoms. The van der Waals surface area contributed by atoms with E-state index in [1.165, 1.54) is 32.2 Å². The number of nitrogens with one attached hydrogen (secondary N) is 1. The highest BCUT2D eigenvalue weighted by atomic mass is 15.1. The van der Waals surface area contributed by atoms with Gasteiger partial charge in [0.15, 0.2) is 0 Å². The zero-order chi connectivity index (χ0) is 11.3. The molecule has 0 heterocycles. The van der Waals surface area contributed by atoms with Gasteiger partial charge in [0, 0.05) is 19.1 Å². The predicted octanol–water partition coefficient (Wildman–Crippen LogP) is 2.50. The van der Waals surface area contributed by atoms with Gasteiger partial charge in [0.05, 0.1) is 0 Å². The first-order valence-electron chi connectivity index (χ1n) is 6.46. The molecule has 1 N–H and O–H groups in total. The maximum Gasteiger partial charge on any atom is 0.00924 e. The van der Waals surface area contributed by atoms with Gasteiger partial charge in [-0.2, -0.15) is 0 Å². The highest BCUT2D eigenvalue weighted by Crippen LogP contribution is 2.25.